The van der Waals surface area contributed by atoms with Crippen LogP contribution in [0.2, 0.25) is 0 Å². The average Bonchev–Trinajstić information content (AvgIpc) is 2.70. The van der Waals surface area contributed by atoms with E-state index in [0.29, 0.717) is 17.0 Å². The standard InChI is InChI=1S/C21H24N2O5/c1-14(2)19(23-20(25)15-9-5-4-6-10-15)21(26)28-13-18(24)22-16-11-7-8-12-17(16)27-3/h4-12,14,19H,13H2,1-3H3,(H,22,24)(H,23,25)/t19-/m1/s1. The first-order chi connectivity index (χ1) is 13.4. The van der Waals surface area contributed by atoms with Crippen molar-refractivity contribution in [3.63, 3.8) is 0 Å². The van der Waals surface area contributed by atoms with Gasteiger partial charge in [-0.3, -0.25) is 9.59 Å². The molecule has 28 heavy (non-hydrogen) atoms. The quantitative estimate of drug-likeness (QED) is 0.683. The maximum atomic E-state index is 12.4. The molecule has 0 bridgehead atoms. The first-order valence-electron chi connectivity index (χ1n) is 8.87. The Morgan fingerprint density at radius 2 is 1.61 bits per heavy atom. The van der Waals surface area contributed by atoms with E-state index in [1.165, 1.54) is 7.11 Å². The van der Waals surface area contributed by atoms with Gasteiger partial charge in [0.25, 0.3) is 11.8 Å². The van der Waals surface area contributed by atoms with Gasteiger partial charge in [0.15, 0.2) is 6.61 Å². The number of rotatable bonds is 8. The highest BCUT2D eigenvalue weighted by Gasteiger charge is 2.26. The fourth-order valence-corrected chi connectivity index (χ4v) is 2.47. The van der Waals surface area contributed by atoms with Gasteiger partial charge in [-0.25, -0.2) is 4.79 Å². The highest BCUT2D eigenvalue weighted by atomic mass is 16.5. The zero-order chi connectivity index (χ0) is 20.5. The molecule has 2 aromatic carbocycles. The van der Waals surface area contributed by atoms with E-state index in [1.54, 1.807) is 68.4 Å². The van der Waals surface area contributed by atoms with Crippen LogP contribution in [-0.2, 0) is 14.3 Å². The van der Waals surface area contributed by atoms with Gasteiger partial charge in [0.2, 0.25) is 0 Å². The molecule has 0 spiro atoms. The number of carbonyl (C=O) groups excluding carboxylic acids is 3. The van der Waals surface area contributed by atoms with Gasteiger partial charge in [0, 0.05) is 5.56 Å². The van der Waals surface area contributed by atoms with Crippen molar-refractivity contribution in [2.24, 2.45) is 5.92 Å². The minimum atomic E-state index is -0.869. The van der Waals surface area contributed by atoms with Crippen LogP contribution >= 0.6 is 0 Å². The molecular formula is C21H24N2O5. The Morgan fingerprint density at radius 3 is 2.25 bits per heavy atom. The van der Waals surface area contributed by atoms with Gasteiger partial charge < -0.3 is 20.1 Å². The van der Waals surface area contributed by atoms with E-state index < -0.39 is 24.5 Å². The monoisotopic (exact) mass is 384 g/mol. The number of methoxy groups -OCH3 is 1. The first-order valence-corrected chi connectivity index (χ1v) is 8.87. The van der Waals surface area contributed by atoms with Crippen molar-refractivity contribution in [1.29, 1.82) is 0 Å². The number of ether oxygens (including phenoxy) is 2. The number of hydrogen-bond acceptors (Lipinski definition) is 5. The summed E-state index contributed by atoms with van der Waals surface area (Å²) in [6.07, 6.45) is 0. The molecule has 7 heteroatoms. The number of para-hydroxylation sites is 2. The number of hydrogen-bond donors (Lipinski definition) is 2. The number of carbonyl (C=O) groups is 3. The third-order valence-electron chi connectivity index (χ3n) is 3.97. The van der Waals surface area contributed by atoms with Crippen molar-refractivity contribution in [2.45, 2.75) is 19.9 Å². The van der Waals surface area contributed by atoms with Crippen molar-refractivity contribution in [3.05, 3.63) is 60.2 Å². The SMILES string of the molecule is COc1ccccc1NC(=O)COC(=O)[C@H](NC(=O)c1ccccc1)C(C)C. The fourth-order valence-electron chi connectivity index (χ4n) is 2.47. The lowest BCUT2D eigenvalue weighted by atomic mass is 10.0. The molecule has 0 aliphatic carbocycles. The van der Waals surface area contributed by atoms with E-state index >= 15 is 0 Å². The molecule has 2 amide bonds. The van der Waals surface area contributed by atoms with Crippen LogP contribution in [0.1, 0.15) is 24.2 Å². The van der Waals surface area contributed by atoms with Gasteiger partial charge in [0.05, 0.1) is 12.8 Å². The van der Waals surface area contributed by atoms with E-state index in [4.69, 9.17) is 9.47 Å². The van der Waals surface area contributed by atoms with Gasteiger partial charge in [-0.05, 0) is 30.2 Å². The molecule has 0 fully saturated rings. The Balaban J connectivity index is 1.93. The second-order valence-corrected chi connectivity index (χ2v) is 6.42. The zero-order valence-corrected chi connectivity index (χ0v) is 16.1. The third-order valence-corrected chi connectivity index (χ3v) is 3.97. The summed E-state index contributed by atoms with van der Waals surface area (Å²) >= 11 is 0. The Hall–Kier alpha value is -3.35. The van der Waals surface area contributed by atoms with Crippen LogP contribution in [0.25, 0.3) is 0 Å². The molecule has 0 unspecified atom stereocenters. The molecular weight excluding hydrogens is 360 g/mol. The number of benzene rings is 2. The lowest BCUT2D eigenvalue weighted by Gasteiger charge is -2.21. The summed E-state index contributed by atoms with van der Waals surface area (Å²) in [5.41, 5.74) is 0.915. The molecule has 7 nitrogen and oxygen atoms in total. The van der Waals surface area contributed by atoms with Crippen LogP contribution < -0.4 is 15.4 Å². The highest BCUT2D eigenvalue weighted by molar-refractivity contribution is 5.97. The second-order valence-electron chi connectivity index (χ2n) is 6.42. The molecule has 0 saturated carbocycles. The molecule has 1 atom stereocenters. The fraction of sp³-hybridized carbons (Fsp3) is 0.286. The first kappa shape index (κ1) is 21.0. The van der Waals surface area contributed by atoms with Crippen molar-refractivity contribution in [1.82, 2.24) is 5.32 Å². The van der Waals surface area contributed by atoms with E-state index in [9.17, 15) is 14.4 Å². The molecule has 0 radical (unpaired) electrons. The molecule has 0 aliphatic rings. The number of anilines is 1. The Labute approximate surface area is 164 Å². The molecule has 0 saturated heterocycles. The van der Waals surface area contributed by atoms with Gasteiger partial charge in [-0.15, -0.1) is 0 Å². The van der Waals surface area contributed by atoms with Gasteiger partial charge >= 0.3 is 5.97 Å². The van der Waals surface area contributed by atoms with E-state index in [0.717, 1.165) is 0 Å². The second kappa shape index (κ2) is 10.1. The van der Waals surface area contributed by atoms with Crippen molar-refractivity contribution >= 4 is 23.5 Å². The topological polar surface area (TPSA) is 93.7 Å². The van der Waals surface area contributed by atoms with E-state index in [2.05, 4.69) is 10.6 Å². The minimum Gasteiger partial charge on any atom is -0.495 e. The Kier molecular flexibility index (Phi) is 7.56. The summed E-state index contributed by atoms with van der Waals surface area (Å²) in [6, 6.07) is 14.6. The molecule has 2 rings (SSSR count). The molecule has 2 aromatic rings. The van der Waals surface area contributed by atoms with Crippen LogP contribution in [0.15, 0.2) is 54.6 Å². The largest absolute Gasteiger partial charge is 0.495 e. The minimum absolute atomic E-state index is 0.211. The number of amides is 2. The summed E-state index contributed by atoms with van der Waals surface area (Å²) in [5, 5.41) is 5.28. The normalized spacial score (nSPS) is 11.4. The van der Waals surface area contributed by atoms with Crippen molar-refractivity contribution in [2.75, 3.05) is 19.0 Å². The van der Waals surface area contributed by atoms with Gasteiger partial charge in [0.1, 0.15) is 11.8 Å². The summed E-state index contributed by atoms with van der Waals surface area (Å²) in [4.78, 5) is 36.8. The lowest BCUT2D eigenvalue weighted by molar-refractivity contribution is -0.150. The van der Waals surface area contributed by atoms with Crippen LogP contribution in [0.5, 0.6) is 5.75 Å². The summed E-state index contributed by atoms with van der Waals surface area (Å²) in [6.45, 7) is 3.10. The summed E-state index contributed by atoms with van der Waals surface area (Å²) in [7, 11) is 1.49. The highest BCUT2D eigenvalue weighted by Crippen LogP contribution is 2.22. The maximum Gasteiger partial charge on any atom is 0.329 e. The van der Waals surface area contributed by atoms with Crippen LogP contribution in [0.4, 0.5) is 5.69 Å². The van der Waals surface area contributed by atoms with Gasteiger partial charge in [-0.1, -0.05) is 44.2 Å². The van der Waals surface area contributed by atoms with Gasteiger partial charge in [-0.2, -0.15) is 0 Å². The van der Waals surface area contributed by atoms with Crippen molar-refractivity contribution < 1.29 is 23.9 Å². The number of nitrogens with one attached hydrogen (secondary N) is 2. The van der Waals surface area contributed by atoms with Crippen LogP contribution in [-0.4, -0.2) is 37.5 Å². The van der Waals surface area contributed by atoms with E-state index in [1.807, 2.05) is 0 Å². The summed E-state index contributed by atoms with van der Waals surface area (Å²) < 4.78 is 10.3. The van der Waals surface area contributed by atoms with Crippen molar-refractivity contribution in [3.8, 4) is 5.75 Å². The predicted molar refractivity (Wildman–Crippen MR) is 105 cm³/mol. The zero-order valence-electron chi connectivity index (χ0n) is 16.1. The average molecular weight is 384 g/mol. The molecule has 0 aliphatic heterocycles. The molecule has 148 valence electrons. The Morgan fingerprint density at radius 1 is 0.964 bits per heavy atom. The van der Waals surface area contributed by atoms with E-state index in [-0.39, 0.29) is 11.8 Å². The smallest absolute Gasteiger partial charge is 0.329 e. The summed E-state index contributed by atoms with van der Waals surface area (Å²) in [5.74, 6) is -1.27. The maximum absolute atomic E-state index is 12.4. The van der Waals surface area contributed by atoms with Crippen LogP contribution in [0, 0.1) is 5.92 Å². The van der Waals surface area contributed by atoms with Crippen LogP contribution in [0.3, 0.4) is 0 Å². The lowest BCUT2D eigenvalue weighted by Crippen LogP contribution is -2.45. The molecule has 0 aromatic heterocycles. The molecule has 0 heterocycles. The molecule has 2 N–H and O–H groups in total. The predicted octanol–water partition coefficient (Wildman–Crippen LogP) is 2.63. The number of esters is 1. The Bertz CT molecular complexity index is 821. The third kappa shape index (κ3) is 5.84.